The van der Waals surface area contributed by atoms with Gasteiger partial charge in [-0.15, -0.1) is 0 Å². The van der Waals surface area contributed by atoms with Gasteiger partial charge in [-0.2, -0.15) is 10.4 Å². The van der Waals surface area contributed by atoms with E-state index in [1.165, 1.54) is 12.1 Å². The Morgan fingerprint density at radius 2 is 2.03 bits per heavy atom. The van der Waals surface area contributed by atoms with E-state index >= 15 is 0 Å². The molecule has 0 amide bonds. The number of pyridine rings is 1. The van der Waals surface area contributed by atoms with Gasteiger partial charge in [0.05, 0.1) is 5.69 Å². The molecule has 9 heteroatoms. The highest BCUT2D eigenvalue weighted by Crippen LogP contribution is 2.40. The van der Waals surface area contributed by atoms with Crippen molar-refractivity contribution in [3.8, 4) is 28.7 Å². The second kappa shape index (κ2) is 7.21. The van der Waals surface area contributed by atoms with Crippen LogP contribution in [0.1, 0.15) is 30.0 Å². The Morgan fingerprint density at radius 1 is 1.25 bits per heavy atom. The van der Waals surface area contributed by atoms with Crippen LogP contribution in [0, 0.1) is 17.1 Å². The maximum atomic E-state index is 14.2. The molecular formula is C23H23FN6O2. The highest BCUT2D eigenvalue weighted by Gasteiger charge is 2.46. The van der Waals surface area contributed by atoms with Crippen molar-refractivity contribution in [2.24, 2.45) is 7.05 Å². The molecule has 0 unspecified atom stereocenters. The van der Waals surface area contributed by atoms with E-state index in [0.717, 1.165) is 5.69 Å². The molecule has 32 heavy (non-hydrogen) atoms. The molecule has 8 nitrogen and oxygen atoms in total. The van der Waals surface area contributed by atoms with Gasteiger partial charge in [-0.25, -0.2) is 9.37 Å². The molecule has 0 saturated carbocycles. The number of aromatic nitrogens is 3. The molecule has 3 aromatic rings. The number of nitrogens with zero attached hydrogens (tertiary/aromatic N) is 5. The predicted octanol–water partition coefficient (Wildman–Crippen LogP) is 2.83. The first-order valence-electron chi connectivity index (χ1n) is 10.3. The second-order valence-corrected chi connectivity index (χ2v) is 8.59. The molecule has 1 saturated heterocycles. The molecule has 2 aliphatic heterocycles. The standard InChI is InChI=1S/C23H23FN6O2/c1-13-16-7-15(24)4-5-19(16)32-23(11-29(2)12-23)8-17-21(18(9-25)30(3)28-17)14-6-20(31-13)22(26)27-10-14/h4-7,10,13H,8,11-12H2,1-3H3,(H2,26,27)/t13-/m1/s1. The van der Waals surface area contributed by atoms with Crippen LogP contribution in [-0.2, 0) is 13.5 Å². The Bertz CT molecular complexity index is 1260. The van der Waals surface area contributed by atoms with Crippen molar-refractivity contribution in [2.75, 3.05) is 25.9 Å². The van der Waals surface area contributed by atoms with Crippen LogP contribution in [0.15, 0.2) is 30.5 Å². The molecule has 0 aliphatic carbocycles. The van der Waals surface area contributed by atoms with E-state index in [-0.39, 0.29) is 11.6 Å². The van der Waals surface area contributed by atoms with Crippen molar-refractivity contribution >= 4 is 5.82 Å². The summed E-state index contributed by atoms with van der Waals surface area (Å²) in [5, 5.41) is 14.5. The maximum absolute atomic E-state index is 14.2. The number of fused-ring (bicyclic) bond motifs is 5. The number of hydrogen-bond donors (Lipinski definition) is 1. The van der Waals surface area contributed by atoms with Crippen LogP contribution in [0.3, 0.4) is 0 Å². The van der Waals surface area contributed by atoms with Crippen molar-refractivity contribution in [1.29, 1.82) is 5.26 Å². The Balaban J connectivity index is 1.74. The topological polar surface area (TPSA) is 102 Å². The molecule has 2 bridgehead atoms. The van der Waals surface area contributed by atoms with Crippen LogP contribution in [-0.4, -0.2) is 45.4 Å². The fourth-order valence-electron chi connectivity index (χ4n) is 4.69. The van der Waals surface area contributed by atoms with Gasteiger partial charge in [0.2, 0.25) is 0 Å². The number of anilines is 1. The zero-order valence-electron chi connectivity index (χ0n) is 18.1. The highest BCUT2D eigenvalue weighted by molar-refractivity contribution is 5.74. The molecule has 4 heterocycles. The van der Waals surface area contributed by atoms with Gasteiger partial charge in [0.15, 0.2) is 11.6 Å². The van der Waals surface area contributed by atoms with Crippen molar-refractivity contribution in [3.63, 3.8) is 0 Å². The number of rotatable bonds is 0. The molecule has 2 aromatic heterocycles. The number of nitrogens with two attached hydrogens (primary N) is 1. The van der Waals surface area contributed by atoms with Gasteiger partial charge >= 0.3 is 0 Å². The lowest BCUT2D eigenvalue weighted by Crippen LogP contribution is -2.64. The van der Waals surface area contributed by atoms with Crippen LogP contribution < -0.4 is 15.2 Å². The van der Waals surface area contributed by atoms with Gasteiger partial charge in [-0.3, -0.25) is 9.58 Å². The van der Waals surface area contributed by atoms with Crippen LogP contribution in [0.5, 0.6) is 11.5 Å². The molecule has 0 radical (unpaired) electrons. The molecule has 164 valence electrons. The van der Waals surface area contributed by atoms with Gasteiger partial charge in [0, 0.05) is 49.4 Å². The highest BCUT2D eigenvalue weighted by atomic mass is 19.1. The van der Waals surface area contributed by atoms with Gasteiger partial charge in [0.25, 0.3) is 0 Å². The lowest BCUT2D eigenvalue weighted by Gasteiger charge is -2.48. The lowest BCUT2D eigenvalue weighted by atomic mass is 9.86. The maximum Gasteiger partial charge on any atom is 0.166 e. The fourth-order valence-corrected chi connectivity index (χ4v) is 4.69. The normalized spacial score (nSPS) is 19.3. The largest absolute Gasteiger partial charge is 0.484 e. The number of aryl methyl sites for hydroxylation is 1. The third-order valence-corrected chi connectivity index (χ3v) is 6.04. The average Bonchev–Trinajstić information content (AvgIpc) is 3.03. The summed E-state index contributed by atoms with van der Waals surface area (Å²) in [6.45, 7) is 3.15. The molecule has 5 rings (SSSR count). The Labute approximate surface area is 185 Å². The summed E-state index contributed by atoms with van der Waals surface area (Å²) < 4.78 is 28.4. The number of likely N-dealkylation sites (N-methyl/N-ethyl adjacent to an activating group) is 1. The zero-order chi connectivity index (χ0) is 22.6. The number of nitriles is 1. The van der Waals surface area contributed by atoms with E-state index in [2.05, 4.69) is 21.1 Å². The number of hydrogen-bond acceptors (Lipinski definition) is 7. The Hall–Kier alpha value is -3.64. The van der Waals surface area contributed by atoms with Crippen LogP contribution in [0.4, 0.5) is 10.2 Å². The van der Waals surface area contributed by atoms with E-state index in [4.69, 9.17) is 15.2 Å². The SMILES string of the molecule is C[C@H]1Oc2cc(cnc2N)-c2c(nn(C)c2C#N)CC2(CN(C)C2)Oc2ccc(F)cc21. The van der Waals surface area contributed by atoms with E-state index in [1.807, 2.05) is 14.0 Å². The second-order valence-electron chi connectivity index (χ2n) is 8.59. The van der Waals surface area contributed by atoms with E-state index in [9.17, 15) is 9.65 Å². The summed E-state index contributed by atoms with van der Waals surface area (Å²) in [5.41, 5.74) is 8.62. The van der Waals surface area contributed by atoms with Gasteiger partial charge in [0.1, 0.15) is 35.0 Å². The van der Waals surface area contributed by atoms with E-state index in [0.29, 0.717) is 53.4 Å². The van der Waals surface area contributed by atoms with Crippen LogP contribution in [0.25, 0.3) is 11.1 Å². The van der Waals surface area contributed by atoms with Crippen molar-refractivity contribution in [2.45, 2.75) is 25.0 Å². The minimum Gasteiger partial charge on any atom is -0.484 e. The number of nitrogen functional groups attached to an aromatic ring is 1. The number of benzene rings is 1. The third kappa shape index (κ3) is 3.24. The van der Waals surface area contributed by atoms with Gasteiger partial charge in [-0.1, -0.05) is 0 Å². The first-order chi connectivity index (χ1) is 15.3. The van der Waals surface area contributed by atoms with Crippen LogP contribution in [0.2, 0.25) is 0 Å². The van der Waals surface area contributed by atoms with Crippen molar-refractivity contribution < 1.29 is 13.9 Å². The first-order valence-corrected chi connectivity index (χ1v) is 10.3. The average molecular weight is 434 g/mol. The third-order valence-electron chi connectivity index (χ3n) is 6.04. The predicted molar refractivity (Wildman–Crippen MR) is 116 cm³/mol. The van der Waals surface area contributed by atoms with Gasteiger partial charge in [-0.05, 0) is 38.2 Å². The number of likely N-dealkylation sites (tertiary alicyclic amines) is 1. The molecule has 2 aliphatic rings. The summed E-state index contributed by atoms with van der Waals surface area (Å²) in [5.74, 6) is 0.730. The monoisotopic (exact) mass is 434 g/mol. The molecule has 1 spiro atoms. The minimum atomic E-state index is -0.569. The van der Waals surface area contributed by atoms with Gasteiger partial charge < -0.3 is 15.2 Å². The Morgan fingerprint density at radius 3 is 2.75 bits per heavy atom. The molecular weight excluding hydrogens is 411 g/mol. The smallest absolute Gasteiger partial charge is 0.166 e. The first kappa shape index (κ1) is 20.3. The summed E-state index contributed by atoms with van der Waals surface area (Å²) in [6, 6.07) is 8.45. The van der Waals surface area contributed by atoms with Crippen molar-refractivity contribution in [1.82, 2.24) is 19.7 Å². The fraction of sp³-hybridized carbons (Fsp3) is 0.348. The van der Waals surface area contributed by atoms with Crippen LogP contribution >= 0.6 is 0 Å². The number of halogens is 1. The summed E-state index contributed by atoms with van der Waals surface area (Å²) in [6.07, 6.45) is 1.56. The number of ether oxygens (including phenoxy) is 2. The van der Waals surface area contributed by atoms with E-state index in [1.54, 1.807) is 30.1 Å². The lowest BCUT2D eigenvalue weighted by molar-refractivity contribution is -0.0656. The summed E-state index contributed by atoms with van der Waals surface area (Å²) in [7, 11) is 3.75. The quantitative estimate of drug-likeness (QED) is 0.580. The molecule has 1 aromatic carbocycles. The molecule has 1 atom stereocenters. The summed E-state index contributed by atoms with van der Waals surface area (Å²) >= 11 is 0. The van der Waals surface area contributed by atoms with E-state index < -0.39 is 11.7 Å². The zero-order valence-corrected chi connectivity index (χ0v) is 18.1. The minimum absolute atomic E-state index is 0.206. The summed E-state index contributed by atoms with van der Waals surface area (Å²) in [4.78, 5) is 6.44. The molecule has 2 N–H and O–H groups in total. The Kier molecular flexibility index (Phi) is 4.57. The molecule has 1 fully saturated rings. The van der Waals surface area contributed by atoms with Crippen molar-refractivity contribution in [3.05, 3.63) is 53.2 Å².